The van der Waals surface area contributed by atoms with E-state index in [-0.39, 0.29) is 16.9 Å². The van der Waals surface area contributed by atoms with Gasteiger partial charge in [0, 0.05) is 23.3 Å². The molecule has 8 heteroatoms. The van der Waals surface area contributed by atoms with Crippen molar-refractivity contribution < 1.29 is 14.8 Å². The van der Waals surface area contributed by atoms with Crippen LogP contribution in [-0.2, 0) is 0 Å². The van der Waals surface area contributed by atoms with Crippen LogP contribution in [0.3, 0.4) is 0 Å². The number of benzene rings is 2. The normalized spacial score (nSPS) is 10.8. The summed E-state index contributed by atoms with van der Waals surface area (Å²) in [7, 11) is 0. The number of aromatic nitrogens is 3. The van der Waals surface area contributed by atoms with Crippen molar-refractivity contribution in [3.8, 4) is 22.5 Å². The van der Waals surface area contributed by atoms with Crippen LogP contribution >= 0.6 is 0 Å². The van der Waals surface area contributed by atoms with Gasteiger partial charge < -0.3 is 5.11 Å². The van der Waals surface area contributed by atoms with Crippen LogP contribution in [0.4, 0.5) is 5.69 Å². The summed E-state index contributed by atoms with van der Waals surface area (Å²) in [5.41, 5.74) is 2.24. The van der Waals surface area contributed by atoms with Crippen molar-refractivity contribution in [2.75, 3.05) is 0 Å². The van der Waals surface area contributed by atoms with E-state index < -0.39 is 10.9 Å². The lowest BCUT2D eigenvalue weighted by Crippen LogP contribution is -2.00. The molecular weight excluding hydrogens is 348 g/mol. The maximum atomic E-state index is 11.9. The molecule has 132 valence electrons. The number of fused-ring (bicyclic) bond motifs is 1. The van der Waals surface area contributed by atoms with Gasteiger partial charge in [-0.05, 0) is 6.07 Å². The predicted octanol–water partition coefficient (Wildman–Crippen LogP) is 3.90. The Hall–Kier alpha value is -4.07. The van der Waals surface area contributed by atoms with Gasteiger partial charge in [0.2, 0.25) is 0 Å². The fraction of sp³-hybridized carbons (Fsp3) is 0. The fourth-order valence-corrected chi connectivity index (χ4v) is 2.93. The number of nitrogens with one attached hydrogen (secondary N) is 1. The maximum Gasteiger partial charge on any atom is 0.336 e. The van der Waals surface area contributed by atoms with E-state index in [9.17, 15) is 20.0 Å². The van der Waals surface area contributed by atoms with Gasteiger partial charge in [0.15, 0.2) is 5.65 Å². The second kappa shape index (κ2) is 6.34. The second-order valence-electron chi connectivity index (χ2n) is 5.83. The van der Waals surface area contributed by atoms with Gasteiger partial charge in [-0.1, -0.05) is 42.5 Å². The number of rotatable bonds is 4. The van der Waals surface area contributed by atoms with Gasteiger partial charge in [-0.25, -0.2) is 9.78 Å². The van der Waals surface area contributed by atoms with Crippen molar-refractivity contribution in [2.24, 2.45) is 0 Å². The number of hydrogen-bond donors (Lipinski definition) is 2. The Kier molecular flexibility index (Phi) is 3.85. The van der Waals surface area contributed by atoms with E-state index in [1.165, 1.54) is 24.3 Å². The summed E-state index contributed by atoms with van der Waals surface area (Å²) in [5.74, 6) is -1.13. The van der Waals surface area contributed by atoms with Crippen molar-refractivity contribution in [2.45, 2.75) is 0 Å². The molecule has 4 rings (SSSR count). The largest absolute Gasteiger partial charge is 0.478 e. The average Bonchev–Trinajstić information content (AvgIpc) is 3.12. The lowest BCUT2D eigenvalue weighted by molar-refractivity contribution is -0.384. The third-order valence-electron chi connectivity index (χ3n) is 4.17. The highest BCUT2D eigenvalue weighted by molar-refractivity contribution is 6.08. The molecule has 0 fully saturated rings. The molecule has 0 aliphatic carbocycles. The quantitative estimate of drug-likeness (QED) is 0.420. The van der Waals surface area contributed by atoms with Crippen LogP contribution in [0.2, 0.25) is 0 Å². The lowest BCUT2D eigenvalue weighted by Gasteiger charge is -2.05. The Morgan fingerprint density at radius 3 is 2.48 bits per heavy atom. The molecule has 0 radical (unpaired) electrons. The monoisotopic (exact) mass is 360 g/mol. The highest BCUT2D eigenvalue weighted by Crippen LogP contribution is 2.32. The molecule has 8 nitrogen and oxygen atoms in total. The highest BCUT2D eigenvalue weighted by atomic mass is 16.6. The van der Waals surface area contributed by atoms with Gasteiger partial charge in [-0.2, -0.15) is 5.10 Å². The lowest BCUT2D eigenvalue weighted by atomic mass is 10.0. The zero-order valence-corrected chi connectivity index (χ0v) is 13.8. The maximum absolute atomic E-state index is 11.9. The first kappa shape index (κ1) is 16.4. The summed E-state index contributed by atoms with van der Waals surface area (Å²) >= 11 is 0. The third-order valence-corrected chi connectivity index (χ3v) is 4.17. The number of carboxylic acid groups (broad SMARTS) is 1. The molecule has 0 saturated heterocycles. The number of H-pyrrole nitrogens is 1. The number of nitro benzene ring substituents is 1. The smallest absolute Gasteiger partial charge is 0.336 e. The van der Waals surface area contributed by atoms with E-state index in [2.05, 4.69) is 15.2 Å². The van der Waals surface area contributed by atoms with Crippen molar-refractivity contribution >= 4 is 22.7 Å². The zero-order valence-electron chi connectivity index (χ0n) is 13.8. The van der Waals surface area contributed by atoms with Gasteiger partial charge in [0.25, 0.3) is 5.69 Å². The highest BCUT2D eigenvalue weighted by Gasteiger charge is 2.20. The summed E-state index contributed by atoms with van der Waals surface area (Å²) in [6.07, 6.45) is 0. The summed E-state index contributed by atoms with van der Waals surface area (Å²) in [4.78, 5) is 26.8. The SMILES string of the molecule is O=C(O)c1cc(-c2cccc([N+](=O)[O-])c2)nc2n[nH]c(-c3ccccc3)c12. The first-order chi connectivity index (χ1) is 13.0. The molecule has 0 aliphatic rings. The number of nitrogens with zero attached hydrogens (tertiary/aromatic N) is 3. The van der Waals surface area contributed by atoms with Crippen LogP contribution in [-0.4, -0.2) is 31.2 Å². The first-order valence-corrected chi connectivity index (χ1v) is 7.97. The predicted molar refractivity (Wildman–Crippen MR) is 98.4 cm³/mol. The third kappa shape index (κ3) is 2.89. The Morgan fingerprint density at radius 2 is 1.78 bits per heavy atom. The number of non-ortho nitro benzene ring substituents is 1. The van der Waals surface area contributed by atoms with E-state index in [0.29, 0.717) is 22.3 Å². The summed E-state index contributed by atoms with van der Waals surface area (Å²) in [5, 5.41) is 28.1. The van der Waals surface area contributed by atoms with Crippen LogP contribution in [0.15, 0.2) is 60.7 Å². The minimum atomic E-state index is -1.13. The molecule has 2 aromatic carbocycles. The number of pyridine rings is 1. The number of carboxylic acids is 1. The molecule has 0 aliphatic heterocycles. The van der Waals surface area contributed by atoms with Crippen LogP contribution in [0, 0.1) is 10.1 Å². The number of aromatic carboxylic acids is 1. The number of nitro groups is 1. The standard InChI is InChI=1S/C19H12N4O4/c24-19(25)14-10-15(12-7-4-8-13(9-12)23(26)27)20-18-16(14)17(21-22-18)11-5-2-1-3-6-11/h1-10H,(H,24,25)(H,20,21,22). The van der Waals surface area contributed by atoms with Crippen molar-refractivity contribution in [3.63, 3.8) is 0 Å². The van der Waals surface area contributed by atoms with Crippen LogP contribution in [0.5, 0.6) is 0 Å². The van der Waals surface area contributed by atoms with Gasteiger partial charge in [0.1, 0.15) is 0 Å². The van der Waals surface area contributed by atoms with Crippen molar-refractivity contribution in [3.05, 3.63) is 76.3 Å². The number of carbonyl (C=O) groups is 1. The average molecular weight is 360 g/mol. The molecule has 0 bridgehead atoms. The summed E-state index contributed by atoms with van der Waals surface area (Å²) in [6, 6.07) is 16.5. The van der Waals surface area contributed by atoms with Crippen LogP contribution in [0.25, 0.3) is 33.5 Å². The zero-order chi connectivity index (χ0) is 19.0. The number of hydrogen-bond acceptors (Lipinski definition) is 5. The van der Waals surface area contributed by atoms with Crippen molar-refractivity contribution in [1.29, 1.82) is 0 Å². The van der Waals surface area contributed by atoms with E-state index >= 15 is 0 Å². The molecular formula is C19H12N4O4. The number of aromatic amines is 1. The van der Waals surface area contributed by atoms with Crippen molar-refractivity contribution in [1.82, 2.24) is 15.2 Å². The van der Waals surface area contributed by atoms with Gasteiger partial charge in [0.05, 0.1) is 27.3 Å². The molecule has 0 atom stereocenters. The minimum Gasteiger partial charge on any atom is -0.478 e. The molecule has 0 unspecified atom stereocenters. The minimum absolute atomic E-state index is 0.0223. The van der Waals surface area contributed by atoms with Gasteiger partial charge >= 0.3 is 5.97 Å². The Labute approximate surface area is 152 Å². The Bertz CT molecular complexity index is 1190. The Morgan fingerprint density at radius 1 is 1.04 bits per heavy atom. The first-order valence-electron chi connectivity index (χ1n) is 7.97. The molecule has 2 heterocycles. The molecule has 2 N–H and O–H groups in total. The molecule has 0 amide bonds. The van der Waals surface area contributed by atoms with E-state index in [1.54, 1.807) is 6.07 Å². The van der Waals surface area contributed by atoms with Crippen LogP contribution in [0.1, 0.15) is 10.4 Å². The summed E-state index contributed by atoms with van der Waals surface area (Å²) in [6.45, 7) is 0. The Balaban J connectivity index is 1.95. The van der Waals surface area contributed by atoms with Gasteiger partial charge in [-0.15, -0.1) is 0 Å². The second-order valence-corrected chi connectivity index (χ2v) is 5.83. The van der Waals surface area contributed by atoms with E-state index in [0.717, 1.165) is 5.56 Å². The molecule has 27 heavy (non-hydrogen) atoms. The molecule has 0 saturated carbocycles. The summed E-state index contributed by atoms with van der Waals surface area (Å²) < 4.78 is 0. The molecule has 2 aromatic heterocycles. The van der Waals surface area contributed by atoms with E-state index in [4.69, 9.17) is 0 Å². The van der Waals surface area contributed by atoms with Crippen LogP contribution < -0.4 is 0 Å². The topological polar surface area (TPSA) is 122 Å². The molecule has 4 aromatic rings. The fourth-order valence-electron chi connectivity index (χ4n) is 2.93. The van der Waals surface area contributed by atoms with E-state index in [1.807, 2.05) is 30.3 Å². The molecule has 0 spiro atoms. The van der Waals surface area contributed by atoms with Gasteiger partial charge in [-0.3, -0.25) is 15.2 Å².